The monoisotopic (exact) mass is 367 g/mol. The van der Waals surface area contributed by atoms with Crippen LogP contribution in [0.5, 0.6) is 5.75 Å². The van der Waals surface area contributed by atoms with Crippen molar-refractivity contribution in [2.75, 3.05) is 6.61 Å². The third kappa shape index (κ3) is 3.71. The van der Waals surface area contributed by atoms with Crippen molar-refractivity contribution >= 4 is 6.09 Å². The molecule has 1 aromatic heterocycles. The molecule has 1 atom stereocenters. The first-order chi connectivity index (χ1) is 12.3. The van der Waals surface area contributed by atoms with Gasteiger partial charge in [0.15, 0.2) is 11.6 Å². The maximum absolute atomic E-state index is 13.6. The third-order valence-electron chi connectivity index (χ3n) is 4.03. The second-order valence-electron chi connectivity index (χ2n) is 5.86. The fourth-order valence-corrected chi connectivity index (χ4v) is 2.55. The van der Waals surface area contributed by atoms with Gasteiger partial charge in [0.05, 0.1) is 35.9 Å². The van der Waals surface area contributed by atoms with Crippen molar-refractivity contribution < 1.29 is 27.4 Å². The second-order valence-corrected chi connectivity index (χ2v) is 5.86. The molecule has 0 spiro atoms. The van der Waals surface area contributed by atoms with Crippen LogP contribution in [0.25, 0.3) is 11.3 Å². The van der Waals surface area contributed by atoms with E-state index in [4.69, 9.17) is 4.74 Å². The molecule has 0 radical (unpaired) electrons. The molecule has 0 aliphatic carbocycles. The minimum absolute atomic E-state index is 0.0933. The Morgan fingerprint density at radius 3 is 2.85 bits per heavy atom. The summed E-state index contributed by atoms with van der Waals surface area (Å²) in [6.45, 7) is 0.965. The topological polar surface area (TPSA) is 64.6 Å². The van der Waals surface area contributed by atoms with Gasteiger partial charge in [-0.25, -0.2) is 14.2 Å². The van der Waals surface area contributed by atoms with Crippen molar-refractivity contribution in [3.8, 4) is 17.0 Å². The minimum Gasteiger partial charge on any atom is -0.447 e. The summed E-state index contributed by atoms with van der Waals surface area (Å²) in [5.74, 6) is -1.47. The summed E-state index contributed by atoms with van der Waals surface area (Å²) in [4.78, 5) is 22.0. The molecule has 138 valence electrons. The number of amides is 1. The first kappa shape index (κ1) is 18.0. The maximum Gasteiger partial charge on any atom is 0.410 e. The largest absolute Gasteiger partial charge is 0.447 e. The average Bonchev–Trinajstić information content (AvgIpc) is 2.90. The van der Waals surface area contributed by atoms with Crippen LogP contribution in [0.3, 0.4) is 0 Å². The fraction of sp³-hybridized carbons (Fsp3) is 0.353. The van der Waals surface area contributed by atoms with E-state index in [1.165, 1.54) is 17.2 Å². The second kappa shape index (κ2) is 7.19. The summed E-state index contributed by atoms with van der Waals surface area (Å²) in [6.07, 6.45) is 1.02. The highest BCUT2D eigenvalue weighted by Crippen LogP contribution is 2.27. The lowest BCUT2D eigenvalue weighted by molar-refractivity contribution is -0.0521. The molecule has 0 N–H and O–H groups in total. The zero-order valence-corrected chi connectivity index (χ0v) is 14.1. The number of nitrogens with zero attached hydrogens (tertiary/aromatic N) is 3. The van der Waals surface area contributed by atoms with Crippen molar-refractivity contribution in [3.63, 3.8) is 0 Å². The molecule has 0 unspecified atom stereocenters. The van der Waals surface area contributed by atoms with E-state index in [2.05, 4.69) is 14.7 Å². The molecule has 1 aliphatic heterocycles. The van der Waals surface area contributed by atoms with Gasteiger partial charge in [0.1, 0.15) is 6.61 Å². The van der Waals surface area contributed by atoms with E-state index in [9.17, 15) is 18.0 Å². The van der Waals surface area contributed by atoms with Gasteiger partial charge in [0.2, 0.25) is 0 Å². The van der Waals surface area contributed by atoms with Crippen LogP contribution in [0.2, 0.25) is 0 Å². The smallest absolute Gasteiger partial charge is 0.410 e. The number of alkyl halides is 2. The summed E-state index contributed by atoms with van der Waals surface area (Å²) in [7, 11) is 0. The van der Waals surface area contributed by atoms with E-state index in [0.717, 1.165) is 12.1 Å². The standard InChI is InChI=1S/C17H16F3N3O3/c1-9-8-25-17(24)23(9)7-14-10(2)21-6-13(22-14)11-3-4-12(18)15(5-11)26-16(19)20/h3-6,9,16H,7-8H2,1-2H3/t9-/m0/s1. The molecule has 6 nitrogen and oxygen atoms in total. The molecule has 1 aromatic carbocycles. The van der Waals surface area contributed by atoms with Gasteiger partial charge >= 0.3 is 12.7 Å². The van der Waals surface area contributed by atoms with Gasteiger partial charge in [-0.2, -0.15) is 8.78 Å². The number of carbonyl (C=O) groups is 1. The van der Waals surface area contributed by atoms with E-state index < -0.39 is 24.3 Å². The molecule has 2 heterocycles. The molecule has 26 heavy (non-hydrogen) atoms. The van der Waals surface area contributed by atoms with E-state index in [1.807, 2.05) is 6.92 Å². The Bertz CT molecular complexity index is 832. The molecule has 1 aliphatic rings. The van der Waals surface area contributed by atoms with Crippen molar-refractivity contribution in [2.45, 2.75) is 33.0 Å². The number of ether oxygens (including phenoxy) is 2. The number of halogens is 3. The normalized spacial score (nSPS) is 16.9. The summed E-state index contributed by atoms with van der Waals surface area (Å²) in [5, 5.41) is 0. The summed E-state index contributed by atoms with van der Waals surface area (Å²) >= 11 is 0. The Hall–Kier alpha value is -2.84. The van der Waals surface area contributed by atoms with Crippen molar-refractivity contribution in [2.24, 2.45) is 0 Å². The molecule has 0 bridgehead atoms. The Kier molecular flexibility index (Phi) is 4.97. The van der Waals surface area contributed by atoms with E-state index >= 15 is 0 Å². The quantitative estimate of drug-likeness (QED) is 0.809. The van der Waals surface area contributed by atoms with Gasteiger partial charge in [-0.05, 0) is 32.0 Å². The number of carbonyl (C=O) groups excluding carboxylic acids is 1. The Labute approximate surface area is 147 Å². The molecule has 0 saturated carbocycles. The van der Waals surface area contributed by atoms with Crippen molar-refractivity contribution in [3.05, 3.63) is 41.6 Å². The number of aromatic nitrogens is 2. The van der Waals surface area contributed by atoms with Gasteiger partial charge in [0.25, 0.3) is 0 Å². The first-order valence-electron chi connectivity index (χ1n) is 7.86. The fourth-order valence-electron chi connectivity index (χ4n) is 2.55. The first-order valence-corrected chi connectivity index (χ1v) is 7.86. The van der Waals surface area contributed by atoms with Crippen molar-refractivity contribution in [1.29, 1.82) is 0 Å². The van der Waals surface area contributed by atoms with Gasteiger partial charge in [-0.1, -0.05) is 0 Å². The van der Waals surface area contributed by atoms with Crippen molar-refractivity contribution in [1.82, 2.24) is 14.9 Å². The van der Waals surface area contributed by atoms with Crippen LogP contribution in [0.4, 0.5) is 18.0 Å². The van der Waals surface area contributed by atoms with Crippen LogP contribution < -0.4 is 4.74 Å². The maximum atomic E-state index is 13.6. The number of hydrogen-bond acceptors (Lipinski definition) is 5. The lowest BCUT2D eigenvalue weighted by Crippen LogP contribution is -2.31. The zero-order valence-electron chi connectivity index (χ0n) is 14.1. The Morgan fingerprint density at radius 1 is 1.42 bits per heavy atom. The van der Waals surface area contributed by atoms with Crippen LogP contribution in [-0.4, -0.2) is 40.2 Å². The molecule has 1 saturated heterocycles. The molecular weight excluding hydrogens is 351 g/mol. The highest BCUT2D eigenvalue weighted by molar-refractivity contribution is 5.70. The highest BCUT2D eigenvalue weighted by atomic mass is 19.3. The molecule has 1 amide bonds. The third-order valence-corrected chi connectivity index (χ3v) is 4.03. The summed E-state index contributed by atoms with van der Waals surface area (Å²) in [6, 6.07) is 3.46. The number of hydrogen-bond donors (Lipinski definition) is 0. The average molecular weight is 367 g/mol. The number of benzene rings is 1. The number of aryl methyl sites for hydroxylation is 1. The van der Waals surface area contributed by atoms with Crippen LogP contribution >= 0.6 is 0 Å². The van der Waals surface area contributed by atoms with Crippen LogP contribution in [-0.2, 0) is 11.3 Å². The summed E-state index contributed by atoms with van der Waals surface area (Å²) in [5.41, 5.74) is 1.87. The Morgan fingerprint density at radius 2 is 2.19 bits per heavy atom. The van der Waals surface area contributed by atoms with E-state index in [1.54, 1.807) is 6.92 Å². The number of rotatable bonds is 5. The lowest BCUT2D eigenvalue weighted by Gasteiger charge is -2.18. The van der Waals surface area contributed by atoms with Gasteiger partial charge in [-0.15, -0.1) is 0 Å². The predicted octanol–water partition coefficient (Wildman–Crippen LogP) is 3.53. The van der Waals surface area contributed by atoms with Crippen LogP contribution in [0.15, 0.2) is 24.4 Å². The van der Waals surface area contributed by atoms with E-state index in [0.29, 0.717) is 29.3 Å². The number of cyclic esters (lactones) is 1. The minimum atomic E-state index is -3.14. The molecule has 2 aromatic rings. The van der Waals surface area contributed by atoms with E-state index in [-0.39, 0.29) is 12.6 Å². The lowest BCUT2D eigenvalue weighted by atomic mass is 10.1. The molecule has 1 fully saturated rings. The molecule has 9 heteroatoms. The Balaban J connectivity index is 1.91. The summed E-state index contributed by atoms with van der Waals surface area (Å²) < 4.78 is 47.5. The van der Waals surface area contributed by atoms with Gasteiger partial charge < -0.3 is 9.47 Å². The van der Waals surface area contributed by atoms with Gasteiger partial charge in [0, 0.05) is 5.56 Å². The zero-order chi connectivity index (χ0) is 18.8. The van der Waals surface area contributed by atoms with Crippen LogP contribution in [0, 0.1) is 12.7 Å². The SMILES string of the molecule is Cc1ncc(-c2ccc(F)c(OC(F)F)c2)nc1CN1C(=O)OC[C@@H]1C. The van der Waals surface area contributed by atoms with Crippen LogP contribution in [0.1, 0.15) is 18.3 Å². The van der Waals surface area contributed by atoms with Gasteiger partial charge in [-0.3, -0.25) is 9.88 Å². The molecular formula is C17H16F3N3O3. The molecule has 3 rings (SSSR count). The highest BCUT2D eigenvalue weighted by Gasteiger charge is 2.30. The predicted molar refractivity (Wildman–Crippen MR) is 85.1 cm³/mol.